The summed E-state index contributed by atoms with van der Waals surface area (Å²) in [5, 5.41) is 9.22. The molecule has 0 atom stereocenters. The van der Waals surface area contributed by atoms with Crippen LogP contribution in [-0.2, 0) is 12.8 Å². The van der Waals surface area contributed by atoms with Crippen molar-refractivity contribution in [2.75, 3.05) is 6.61 Å². The van der Waals surface area contributed by atoms with E-state index < -0.39 is 5.97 Å². The first-order chi connectivity index (χ1) is 9.22. The number of hydrogen-bond donors (Lipinski definition) is 1. The highest BCUT2D eigenvalue weighted by atomic mass is 16.5. The van der Waals surface area contributed by atoms with Gasteiger partial charge in [0.25, 0.3) is 0 Å². The van der Waals surface area contributed by atoms with Crippen LogP contribution in [0, 0.1) is 0 Å². The van der Waals surface area contributed by atoms with Gasteiger partial charge in [-0.15, -0.1) is 0 Å². The van der Waals surface area contributed by atoms with Gasteiger partial charge in [-0.2, -0.15) is 0 Å². The van der Waals surface area contributed by atoms with Gasteiger partial charge in [0.05, 0.1) is 6.61 Å². The molecule has 0 spiro atoms. The number of ether oxygens (including phenoxy) is 1. The summed E-state index contributed by atoms with van der Waals surface area (Å²) in [6, 6.07) is 1.74. The van der Waals surface area contributed by atoms with Crippen molar-refractivity contribution in [3.63, 3.8) is 0 Å². The lowest BCUT2D eigenvalue weighted by atomic mass is 10.1. The standard InChI is InChI=1S/C15H21NO3/c1-2-3-4-5-9-19-14-12(15(17)18)10-11-7-6-8-13(11)16-14/h10H,2-9H2,1H3,(H,17,18). The van der Waals surface area contributed by atoms with Crippen LogP contribution in [0.2, 0.25) is 0 Å². The Morgan fingerprint density at radius 3 is 2.95 bits per heavy atom. The van der Waals surface area contributed by atoms with E-state index >= 15 is 0 Å². The Bertz CT molecular complexity index is 457. The molecule has 0 radical (unpaired) electrons. The lowest BCUT2D eigenvalue weighted by molar-refractivity contribution is 0.0691. The number of carboxylic acid groups (broad SMARTS) is 1. The number of hydrogen-bond acceptors (Lipinski definition) is 3. The third-order valence-electron chi connectivity index (χ3n) is 3.48. The minimum Gasteiger partial charge on any atom is -0.477 e. The lowest BCUT2D eigenvalue weighted by Gasteiger charge is -2.10. The molecule has 1 aromatic rings. The number of carboxylic acids is 1. The molecule has 0 aliphatic heterocycles. The summed E-state index contributed by atoms with van der Waals surface area (Å²) in [7, 11) is 0. The van der Waals surface area contributed by atoms with E-state index in [1.807, 2.05) is 0 Å². The van der Waals surface area contributed by atoms with E-state index in [4.69, 9.17) is 4.74 Å². The van der Waals surface area contributed by atoms with Crippen molar-refractivity contribution >= 4 is 5.97 Å². The Kier molecular flexibility index (Phi) is 4.77. The Morgan fingerprint density at radius 2 is 2.21 bits per heavy atom. The molecule has 1 N–H and O–H groups in total. The highest BCUT2D eigenvalue weighted by molar-refractivity contribution is 5.90. The Morgan fingerprint density at radius 1 is 1.37 bits per heavy atom. The molecule has 0 unspecified atom stereocenters. The molecule has 104 valence electrons. The predicted molar refractivity (Wildman–Crippen MR) is 72.9 cm³/mol. The second-order valence-corrected chi connectivity index (χ2v) is 5.01. The summed E-state index contributed by atoms with van der Waals surface area (Å²) in [6.45, 7) is 2.71. The fourth-order valence-corrected chi connectivity index (χ4v) is 2.41. The van der Waals surface area contributed by atoms with Gasteiger partial charge in [-0.3, -0.25) is 0 Å². The van der Waals surface area contributed by atoms with Crippen LogP contribution in [0.15, 0.2) is 6.07 Å². The normalized spacial score (nSPS) is 13.3. The number of rotatable bonds is 7. The van der Waals surface area contributed by atoms with Gasteiger partial charge in [-0.25, -0.2) is 9.78 Å². The first-order valence-electron chi connectivity index (χ1n) is 7.11. The third kappa shape index (κ3) is 3.46. The number of pyridine rings is 1. The van der Waals surface area contributed by atoms with Crippen molar-refractivity contribution in [2.24, 2.45) is 0 Å². The molecule has 1 heterocycles. The summed E-state index contributed by atoms with van der Waals surface area (Å²) in [5.41, 5.74) is 2.28. The SMILES string of the molecule is CCCCCCOc1nc2c(cc1C(=O)O)CCC2. The van der Waals surface area contributed by atoms with Crippen molar-refractivity contribution in [1.82, 2.24) is 4.98 Å². The zero-order valence-electron chi connectivity index (χ0n) is 11.4. The number of aromatic carboxylic acids is 1. The van der Waals surface area contributed by atoms with Crippen LogP contribution in [0.5, 0.6) is 5.88 Å². The van der Waals surface area contributed by atoms with E-state index in [-0.39, 0.29) is 5.56 Å². The van der Waals surface area contributed by atoms with Crippen molar-refractivity contribution in [3.8, 4) is 5.88 Å². The highest BCUT2D eigenvalue weighted by Gasteiger charge is 2.20. The van der Waals surface area contributed by atoms with Gasteiger partial charge in [0, 0.05) is 5.69 Å². The van der Waals surface area contributed by atoms with Crippen LogP contribution in [0.4, 0.5) is 0 Å². The van der Waals surface area contributed by atoms with E-state index in [2.05, 4.69) is 11.9 Å². The first-order valence-corrected chi connectivity index (χ1v) is 7.11. The lowest BCUT2D eigenvalue weighted by Crippen LogP contribution is -2.08. The molecule has 0 fully saturated rings. The smallest absolute Gasteiger partial charge is 0.341 e. The van der Waals surface area contributed by atoms with Gasteiger partial charge in [0.2, 0.25) is 5.88 Å². The highest BCUT2D eigenvalue weighted by Crippen LogP contribution is 2.26. The summed E-state index contributed by atoms with van der Waals surface area (Å²) in [5.74, 6) is -0.657. The predicted octanol–water partition coefficient (Wildman–Crippen LogP) is 3.23. The molecule has 1 aliphatic rings. The monoisotopic (exact) mass is 263 g/mol. The maximum atomic E-state index is 11.2. The largest absolute Gasteiger partial charge is 0.477 e. The molecule has 0 aromatic carbocycles. The van der Waals surface area contributed by atoms with Gasteiger partial charge < -0.3 is 9.84 Å². The Hall–Kier alpha value is -1.58. The quantitative estimate of drug-likeness (QED) is 0.767. The number of unbranched alkanes of at least 4 members (excludes halogenated alkanes) is 3. The average Bonchev–Trinajstić information content (AvgIpc) is 2.84. The summed E-state index contributed by atoms with van der Waals surface area (Å²) < 4.78 is 5.58. The van der Waals surface area contributed by atoms with E-state index in [9.17, 15) is 9.90 Å². The van der Waals surface area contributed by atoms with E-state index in [0.29, 0.717) is 12.5 Å². The van der Waals surface area contributed by atoms with E-state index in [1.54, 1.807) is 6.07 Å². The van der Waals surface area contributed by atoms with Crippen LogP contribution in [0.3, 0.4) is 0 Å². The van der Waals surface area contributed by atoms with Gasteiger partial charge in [0.15, 0.2) is 0 Å². The van der Waals surface area contributed by atoms with Gasteiger partial charge >= 0.3 is 5.97 Å². The van der Waals surface area contributed by atoms with Crippen molar-refractivity contribution in [2.45, 2.75) is 51.9 Å². The van der Waals surface area contributed by atoms with Crippen LogP contribution in [0.1, 0.15) is 60.6 Å². The molecule has 1 aliphatic carbocycles. The first kappa shape index (κ1) is 13.8. The second-order valence-electron chi connectivity index (χ2n) is 5.01. The molecular weight excluding hydrogens is 242 g/mol. The third-order valence-corrected chi connectivity index (χ3v) is 3.48. The Labute approximate surface area is 113 Å². The molecule has 4 heteroatoms. The minimum atomic E-state index is -0.953. The number of nitrogens with zero attached hydrogens (tertiary/aromatic N) is 1. The van der Waals surface area contributed by atoms with E-state index in [1.165, 1.54) is 12.8 Å². The molecule has 0 saturated heterocycles. The fraction of sp³-hybridized carbons (Fsp3) is 0.600. The number of aromatic nitrogens is 1. The zero-order chi connectivity index (χ0) is 13.7. The molecule has 0 amide bonds. The van der Waals surface area contributed by atoms with E-state index in [0.717, 1.165) is 43.4 Å². The Balaban J connectivity index is 2.03. The number of carbonyl (C=O) groups is 1. The molecule has 1 aromatic heterocycles. The summed E-state index contributed by atoms with van der Waals surface area (Å²) in [4.78, 5) is 15.6. The van der Waals surface area contributed by atoms with Crippen LogP contribution in [-0.4, -0.2) is 22.7 Å². The molecule has 0 saturated carbocycles. The molecular formula is C15H21NO3. The zero-order valence-corrected chi connectivity index (χ0v) is 11.4. The second kappa shape index (κ2) is 6.55. The number of fused-ring (bicyclic) bond motifs is 1. The van der Waals surface area contributed by atoms with Crippen molar-refractivity contribution < 1.29 is 14.6 Å². The topological polar surface area (TPSA) is 59.4 Å². The van der Waals surface area contributed by atoms with Crippen LogP contribution in [0.25, 0.3) is 0 Å². The molecule has 4 nitrogen and oxygen atoms in total. The maximum absolute atomic E-state index is 11.2. The number of aryl methyl sites for hydroxylation is 2. The maximum Gasteiger partial charge on any atom is 0.341 e. The van der Waals surface area contributed by atoms with Crippen molar-refractivity contribution in [3.05, 3.63) is 22.9 Å². The molecule has 0 bridgehead atoms. The molecule has 19 heavy (non-hydrogen) atoms. The van der Waals surface area contributed by atoms with Crippen LogP contribution < -0.4 is 4.74 Å². The van der Waals surface area contributed by atoms with Gasteiger partial charge in [0.1, 0.15) is 5.56 Å². The fourth-order valence-electron chi connectivity index (χ4n) is 2.41. The van der Waals surface area contributed by atoms with Gasteiger partial charge in [-0.1, -0.05) is 26.2 Å². The molecule has 2 rings (SSSR count). The van der Waals surface area contributed by atoms with Gasteiger partial charge in [-0.05, 0) is 37.3 Å². The summed E-state index contributed by atoms with van der Waals surface area (Å²) >= 11 is 0. The average molecular weight is 263 g/mol. The summed E-state index contributed by atoms with van der Waals surface area (Å²) in [6.07, 6.45) is 7.35. The van der Waals surface area contributed by atoms with Crippen molar-refractivity contribution in [1.29, 1.82) is 0 Å². The minimum absolute atomic E-state index is 0.205. The van der Waals surface area contributed by atoms with Crippen LogP contribution >= 0.6 is 0 Å².